The van der Waals surface area contributed by atoms with E-state index in [1.165, 1.54) is 0 Å². The van der Waals surface area contributed by atoms with Gasteiger partial charge in [-0.2, -0.15) is 0 Å². The van der Waals surface area contributed by atoms with Crippen LogP contribution in [0.3, 0.4) is 0 Å². The summed E-state index contributed by atoms with van der Waals surface area (Å²) in [6.45, 7) is 0.554. The molecule has 94 valence electrons. The minimum Gasteiger partial charge on any atom is -0.481 e. The lowest BCUT2D eigenvalue weighted by atomic mass is 10.1. The van der Waals surface area contributed by atoms with Crippen molar-refractivity contribution in [2.24, 2.45) is 5.73 Å². The van der Waals surface area contributed by atoms with E-state index in [1.807, 2.05) is 0 Å². The maximum atomic E-state index is 10.8. The molecule has 0 fully saturated rings. The van der Waals surface area contributed by atoms with Crippen LogP contribution in [-0.2, 0) is 9.59 Å². The molecule has 0 unspecified atom stereocenters. The molecular formula is C9H18N2O4S. The molecule has 7 heteroatoms. The number of rotatable bonds is 10. The van der Waals surface area contributed by atoms with Gasteiger partial charge in [0.2, 0.25) is 0 Å². The second-order valence-electron chi connectivity index (χ2n) is 3.29. The van der Waals surface area contributed by atoms with E-state index in [0.29, 0.717) is 18.7 Å². The Hall–Kier alpha value is -0.790. The Balaban J connectivity index is 3.68. The maximum absolute atomic E-state index is 10.8. The first-order valence-electron chi connectivity index (χ1n) is 5.10. The van der Waals surface area contributed by atoms with Crippen molar-refractivity contribution in [2.45, 2.75) is 31.7 Å². The van der Waals surface area contributed by atoms with E-state index in [0.717, 1.165) is 24.8 Å². The van der Waals surface area contributed by atoms with E-state index < -0.39 is 18.0 Å². The largest absolute Gasteiger partial charge is 0.481 e. The van der Waals surface area contributed by atoms with Gasteiger partial charge < -0.3 is 15.9 Å². The molecule has 0 heterocycles. The fourth-order valence-electron chi connectivity index (χ4n) is 1.02. The number of hydrogen-bond donors (Lipinski definition) is 4. The normalized spacial score (nSPS) is 12.3. The third-order valence-corrected chi connectivity index (χ3v) is 2.75. The number of unbranched alkanes of at least 4 members (excludes halogenated alkanes) is 1. The standard InChI is InChI=1S/C9H18N2O4S/c10-5-2-1-3-7(9(14)15)11-16-6-4-8(12)13/h7,11H,1-6,10H2,(H,12,13)(H,14,15)/t7-/m0/s1. The Bertz CT molecular complexity index is 226. The summed E-state index contributed by atoms with van der Waals surface area (Å²) in [7, 11) is 0. The Morgan fingerprint density at radius 3 is 2.50 bits per heavy atom. The molecule has 0 saturated heterocycles. The molecule has 0 rings (SSSR count). The highest BCUT2D eigenvalue weighted by Crippen LogP contribution is 2.06. The highest BCUT2D eigenvalue weighted by atomic mass is 32.2. The minimum absolute atomic E-state index is 0.0206. The van der Waals surface area contributed by atoms with Crippen molar-refractivity contribution >= 4 is 23.9 Å². The van der Waals surface area contributed by atoms with E-state index in [-0.39, 0.29) is 6.42 Å². The summed E-state index contributed by atoms with van der Waals surface area (Å²) in [5.41, 5.74) is 5.31. The van der Waals surface area contributed by atoms with Crippen LogP contribution in [0.4, 0.5) is 0 Å². The van der Waals surface area contributed by atoms with Crippen LogP contribution in [-0.4, -0.2) is 40.5 Å². The zero-order valence-corrected chi connectivity index (χ0v) is 9.83. The first kappa shape index (κ1) is 15.2. The van der Waals surface area contributed by atoms with Crippen molar-refractivity contribution in [3.05, 3.63) is 0 Å². The Morgan fingerprint density at radius 2 is 2.00 bits per heavy atom. The SMILES string of the molecule is NCCCC[C@H](NSCCC(=O)O)C(=O)O. The van der Waals surface area contributed by atoms with Crippen LogP contribution in [0.15, 0.2) is 0 Å². The van der Waals surface area contributed by atoms with Crippen LogP contribution < -0.4 is 10.5 Å². The second kappa shape index (κ2) is 9.44. The van der Waals surface area contributed by atoms with Crippen LogP contribution in [0.25, 0.3) is 0 Å². The molecule has 0 radical (unpaired) electrons. The summed E-state index contributed by atoms with van der Waals surface area (Å²) in [4.78, 5) is 21.0. The Kier molecular flexibility index (Phi) is 8.97. The van der Waals surface area contributed by atoms with E-state index in [4.69, 9.17) is 15.9 Å². The van der Waals surface area contributed by atoms with Gasteiger partial charge in [-0.25, -0.2) is 0 Å². The van der Waals surface area contributed by atoms with Gasteiger partial charge in [0.05, 0.1) is 6.42 Å². The zero-order valence-electron chi connectivity index (χ0n) is 9.02. The number of carboxylic acid groups (broad SMARTS) is 2. The summed E-state index contributed by atoms with van der Waals surface area (Å²) < 4.78 is 2.75. The smallest absolute Gasteiger partial charge is 0.321 e. The molecule has 1 atom stereocenters. The quantitative estimate of drug-likeness (QED) is 0.325. The maximum Gasteiger partial charge on any atom is 0.321 e. The number of carboxylic acids is 2. The molecule has 0 aliphatic carbocycles. The van der Waals surface area contributed by atoms with Crippen molar-refractivity contribution in [1.82, 2.24) is 4.72 Å². The van der Waals surface area contributed by atoms with E-state index in [2.05, 4.69) is 4.72 Å². The fraction of sp³-hybridized carbons (Fsp3) is 0.778. The van der Waals surface area contributed by atoms with Crippen molar-refractivity contribution < 1.29 is 19.8 Å². The van der Waals surface area contributed by atoms with Crippen LogP contribution in [0.2, 0.25) is 0 Å². The second-order valence-corrected chi connectivity index (χ2v) is 4.22. The molecule has 0 amide bonds. The molecule has 0 bridgehead atoms. The van der Waals surface area contributed by atoms with Gasteiger partial charge >= 0.3 is 11.9 Å². The average molecular weight is 250 g/mol. The van der Waals surface area contributed by atoms with Crippen molar-refractivity contribution in [1.29, 1.82) is 0 Å². The van der Waals surface area contributed by atoms with Gasteiger partial charge in [0.15, 0.2) is 0 Å². The van der Waals surface area contributed by atoms with Crippen molar-refractivity contribution in [2.75, 3.05) is 12.3 Å². The molecule has 0 aromatic heterocycles. The number of nitrogens with one attached hydrogen (secondary N) is 1. The van der Waals surface area contributed by atoms with Crippen LogP contribution in [0.1, 0.15) is 25.7 Å². The lowest BCUT2D eigenvalue weighted by Crippen LogP contribution is -2.32. The van der Waals surface area contributed by atoms with Crippen molar-refractivity contribution in [3.8, 4) is 0 Å². The number of hydrogen-bond acceptors (Lipinski definition) is 5. The molecule has 16 heavy (non-hydrogen) atoms. The number of nitrogens with two attached hydrogens (primary N) is 1. The zero-order chi connectivity index (χ0) is 12.4. The average Bonchev–Trinajstić information content (AvgIpc) is 2.21. The van der Waals surface area contributed by atoms with Gasteiger partial charge in [-0.3, -0.25) is 14.3 Å². The first-order chi connectivity index (χ1) is 7.57. The molecular weight excluding hydrogens is 232 g/mol. The molecule has 0 aliphatic rings. The minimum atomic E-state index is -0.917. The van der Waals surface area contributed by atoms with Gasteiger partial charge in [-0.1, -0.05) is 18.4 Å². The molecule has 0 aromatic carbocycles. The number of aliphatic carboxylic acids is 2. The fourth-order valence-corrected chi connectivity index (χ4v) is 1.84. The number of carbonyl (C=O) groups is 2. The van der Waals surface area contributed by atoms with E-state index in [1.54, 1.807) is 0 Å². The Labute approximate surface area is 98.7 Å². The van der Waals surface area contributed by atoms with Crippen LogP contribution >= 0.6 is 11.9 Å². The monoisotopic (exact) mass is 250 g/mol. The van der Waals surface area contributed by atoms with Gasteiger partial charge in [0, 0.05) is 5.75 Å². The third kappa shape index (κ3) is 8.51. The molecule has 0 aliphatic heterocycles. The van der Waals surface area contributed by atoms with E-state index in [9.17, 15) is 9.59 Å². The van der Waals surface area contributed by atoms with Crippen LogP contribution in [0, 0.1) is 0 Å². The predicted octanol–water partition coefficient (Wildman–Crippen LogP) is 0.281. The summed E-state index contributed by atoms with van der Waals surface area (Å²) in [5.74, 6) is -1.44. The Morgan fingerprint density at radius 1 is 1.31 bits per heavy atom. The summed E-state index contributed by atoms with van der Waals surface area (Å²) in [6.07, 6.45) is 2.07. The van der Waals surface area contributed by atoms with Gasteiger partial charge in [0.1, 0.15) is 6.04 Å². The molecule has 0 aromatic rings. The summed E-state index contributed by atoms with van der Waals surface area (Å²) in [5, 5.41) is 17.2. The van der Waals surface area contributed by atoms with E-state index >= 15 is 0 Å². The van der Waals surface area contributed by atoms with Gasteiger partial charge in [-0.05, 0) is 19.4 Å². The van der Waals surface area contributed by atoms with Gasteiger partial charge in [-0.15, -0.1) is 0 Å². The lowest BCUT2D eigenvalue weighted by Gasteiger charge is -2.12. The molecule has 0 saturated carbocycles. The lowest BCUT2D eigenvalue weighted by molar-refractivity contribution is -0.139. The predicted molar refractivity (Wildman–Crippen MR) is 62.2 cm³/mol. The molecule has 0 spiro atoms. The molecule has 6 nitrogen and oxygen atoms in total. The van der Waals surface area contributed by atoms with Gasteiger partial charge in [0.25, 0.3) is 0 Å². The highest BCUT2D eigenvalue weighted by molar-refractivity contribution is 7.97. The first-order valence-corrected chi connectivity index (χ1v) is 6.08. The summed E-state index contributed by atoms with van der Waals surface area (Å²) in [6, 6.07) is -0.634. The highest BCUT2D eigenvalue weighted by Gasteiger charge is 2.16. The molecule has 5 N–H and O–H groups in total. The van der Waals surface area contributed by atoms with Crippen LogP contribution in [0.5, 0.6) is 0 Å². The third-order valence-electron chi connectivity index (χ3n) is 1.89. The summed E-state index contributed by atoms with van der Waals surface area (Å²) >= 11 is 1.13. The topological polar surface area (TPSA) is 113 Å². The van der Waals surface area contributed by atoms with Crippen molar-refractivity contribution in [3.63, 3.8) is 0 Å².